The Balaban J connectivity index is 2.39. The van der Waals surface area contributed by atoms with E-state index in [4.69, 9.17) is 9.84 Å². The van der Waals surface area contributed by atoms with Crippen molar-refractivity contribution in [1.29, 1.82) is 0 Å². The van der Waals surface area contributed by atoms with Crippen LogP contribution in [0.15, 0.2) is 22.7 Å². The van der Waals surface area contributed by atoms with Crippen LogP contribution in [0.4, 0.5) is 0 Å². The summed E-state index contributed by atoms with van der Waals surface area (Å²) >= 11 is 3.28. The molecule has 0 aliphatic carbocycles. The van der Waals surface area contributed by atoms with E-state index < -0.39 is 0 Å². The smallest absolute Gasteiger partial charge is 0.151 e. The largest absolute Gasteiger partial charge is 0.494 e. The fraction of sp³-hybridized carbons (Fsp3) is 0.417. The molecule has 0 aromatic heterocycles. The molecule has 1 rings (SSSR count). The van der Waals surface area contributed by atoms with Gasteiger partial charge >= 0.3 is 0 Å². The van der Waals surface area contributed by atoms with E-state index >= 15 is 0 Å². The van der Waals surface area contributed by atoms with Gasteiger partial charge in [0, 0.05) is 16.6 Å². The maximum atomic E-state index is 10.7. The lowest BCUT2D eigenvalue weighted by atomic mass is 10.2. The van der Waals surface area contributed by atoms with Crippen LogP contribution in [-0.4, -0.2) is 24.6 Å². The van der Waals surface area contributed by atoms with Gasteiger partial charge in [-0.1, -0.05) is 15.9 Å². The summed E-state index contributed by atoms with van der Waals surface area (Å²) in [4.78, 5) is 10.7. The number of carbonyl (C=O) groups excluding carboxylic acids is 1. The van der Waals surface area contributed by atoms with Crippen molar-refractivity contribution in [3.05, 3.63) is 28.2 Å². The third-order valence-corrected chi connectivity index (χ3v) is 2.89. The molecular weight excluding hydrogens is 272 g/mol. The second-order valence-corrected chi connectivity index (χ2v) is 4.29. The first-order valence-corrected chi connectivity index (χ1v) is 6.05. The quantitative estimate of drug-likeness (QED) is 0.619. The van der Waals surface area contributed by atoms with Crippen LogP contribution in [0.2, 0.25) is 0 Å². The van der Waals surface area contributed by atoms with Crippen LogP contribution in [-0.2, 0) is 0 Å². The summed E-state index contributed by atoms with van der Waals surface area (Å²) in [5.41, 5.74) is 0.591. The number of benzene rings is 1. The standard InChI is InChI=1S/C12H15BrO3/c13-12-5-4-11(8-10(12)9-15)16-7-3-1-2-6-14/h4-5,8-9,14H,1-3,6-7H2. The molecule has 1 N–H and O–H groups in total. The summed E-state index contributed by atoms with van der Waals surface area (Å²) in [6.45, 7) is 0.841. The number of carbonyl (C=O) groups is 1. The molecule has 0 spiro atoms. The molecular formula is C12H15BrO3. The van der Waals surface area contributed by atoms with E-state index in [9.17, 15) is 4.79 Å². The predicted molar refractivity (Wildman–Crippen MR) is 66.0 cm³/mol. The minimum absolute atomic E-state index is 0.230. The van der Waals surface area contributed by atoms with E-state index in [1.807, 2.05) is 6.07 Å². The number of aliphatic hydroxyl groups excluding tert-OH is 1. The van der Waals surface area contributed by atoms with Gasteiger partial charge in [0.1, 0.15) is 5.75 Å². The Kier molecular flexibility index (Phi) is 6.11. The Bertz CT molecular complexity index is 339. The van der Waals surface area contributed by atoms with Crippen LogP contribution in [0.1, 0.15) is 29.6 Å². The van der Waals surface area contributed by atoms with Gasteiger partial charge in [-0.25, -0.2) is 0 Å². The molecule has 1 aromatic rings. The van der Waals surface area contributed by atoms with Crippen LogP contribution in [0.25, 0.3) is 0 Å². The fourth-order valence-electron chi connectivity index (χ4n) is 1.28. The minimum Gasteiger partial charge on any atom is -0.494 e. The molecule has 0 aliphatic rings. The molecule has 0 heterocycles. The SMILES string of the molecule is O=Cc1cc(OCCCCCO)ccc1Br. The van der Waals surface area contributed by atoms with Gasteiger partial charge in [0.25, 0.3) is 0 Å². The highest BCUT2D eigenvalue weighted by Crippen LogP contribution is 2.21. The van der Waals surface area contributed by atoms with Crippen LogP contribution in [0.3, 0.4) is 0 Å². The zero-order valence-electron chi connectivity index (χ0n) is 8.99. The monoisotopic (exact) mass is 286 g/mol. The molecule has 0 amide bonds. The molecule has 0 bridgehead atoms. The van der Waals surface area contributed by atoms with Crippen molar-refractivity contribution in [2.75, 3.05) is 13.2 Å². The van der Waals surface area contributed by atoms with Crippen molar-refractivity contribution in [3.8, 4) is 5.75 Å². The predicted octanol–water partition coefficient (Wildman–Crippen LogP) is 2.80. The molecule has 0 saturated heterocycles. The lowest BCUT2D eigenvalue weighted by molar-refractivity contribution is 0.112. The highest BCUT2D eigenvalue weighted by molar-refractivity contribution is 9.10. The lowest BCUT2D eigenvalue weighted by Crippen LogP contribution is -1.98. The summed E-state index contributed by atoms with van der Waals surface area (Å²) in [5, 5.41) is 8.60. The maximum absolute atomic E-state index is 10.7. The van der Waals surface area contributed by atoms with E-state index in [0.717, 1.165) is 30.0 Å². The molecule has 3 nitrogen and oxygen atoms in total. The number of hydrogen-bond donors (Lipinski definition) is 1. The van der Waals surface area contributed by atoms with Gasteiger partial charge in [-0.05, 0) is 37.5 Å². The van der Waals surface area contributed by atoms with E-state index in [1.54, 1.807) is 12.1 Å². The zero-order valence-corrected chi connectivity index (χ0v) is 10.6. The first-order valence-electron chi connectivity index (χ1n) is 5.26. The Morgan fingerprint density at radius 3 is 2.81 bits per heavy atom. The van der Waals surface area contributed by atoms with Crippen LogP contribution in [0, 0.1) is 0 Å². The number of halogens is 1. The van der Waals surface area contributed by atoms with Gasteiger partial charge in [0.15, 0.2) is 6.29 Å². The number of aldehydes is 1. The van der Waals surface area contributed by atoms with Gasteiger partial charge in [0.2, 0.25) is 0 Å². The van der Waals surface area contributed by atoms with Gasteiger partial charge in [-0.15, -0.1) is 0 Å². The summed E-state index contributed by atoms with van der Waals surface area (Å²) < 4.78 is 6.26. The Hall–Kier alpha value is -0.870. The lowest BCUT2D eigenvalue weighted by Gasteiger charge is -2.06. The maximum Gasteiger partial charge on any atom is 0.151 e. The third kappa shape index (κ3) is 4.33. The molecule has 0 atom stereocenters. The zero-order chi connectivity index (χ0) is 11.8. The Labute approximate surface area is 104 Å². The van der Waals surface area contributed by atoms with Crippen molar-refractivity contribution < 1.29 is 14.6 Å². The fourth-order valence-corrected chi connectivity index (χ4v) is 1.62. The summed E-state index contributed by atoms with van der Waals surface area (Å²) in [5.74, 6) is 0.703. The number of hydrogen-bond acceptors (Lipinski definition) is 3. The van der Waals surface area contributed by atoms with Gasteiger partial charge < -0.3 is 9.84 Å². The van der Waals surface area contributed by atoms with E-state index in [0.29, 0.717) is 17.9 Å². The highest BCUT2D eigenvalue weighted by atomic mass is 79.9. The molecule has 0 radical (unpaired) electrons. The van der Waals surface area contributed by atoms with Gasteiger partial charge in [-0.3, -0.25) is 4.79 Å². The van der Waals surface area contributed by atoms with Crippen LogP contribution >= 0.6 is 15.9 Å². The normalized spacial score (nSPS) is 10.1. The molecule has 16 heavy (non-hydrogen) atoms. The highest BCUT2D eigenvalue weighted by Gasteiger charge is 2.01. The van der Waals surface area contributed by atoms with Gasteiger partial charge in [0.05, 0.1) is 6.61 Å². The van der Waals surface area contributed by atoms with Crippen LogP contribution in [0.5, 0.6) is 5.75 Å². The summed E-state index contributed by atoms with van der Waals surface area (Å²) in [6.07, 6.45) is 3.46. The van der Waals surface area contributed by atoms with Crippen molar-refractivity contribution in [1.82, 2.24) is 0 Å². The topological polar surface area (TPSA) is 46.5 Å². The van der Waals surface area contributed by atoms with E-state index in [-0.39, 0.29) is 6.61 Å². The number of unbranched alkanes of at least 4 members (excludes halogenated alkanes) is 2. The van der Waals surface area contributed by atoms with Crippen molar-refractivity contribution >= 4 is 22.2 Å². The average Bonchev–Trinajstić information content (AvgIpc) is 2.31. The molecule has 1 aromatic carbocycles. The van der Waals surface area contributed by atoms with E-state index in [1.165, 1.54) is 0 Å². The second kappa shape index (κ2) is 7.41. The molecule has 0 fully saturated rings. The number of rotatable bonds is 7. The van der Waals surface area contributed by atoms with Gasteiger partial charge in [-0.2, -0.15) is 0 Å². The second-order valence-electron chi connectivity index (χ2n) is 3.43. The molecule has 88 valence electrons. The van der Waals surface area contributed by atoms with E-state index in [2.05, 4.69) is 15.9 Å². The molecule has 4 heteroatoms. The number of ether oxygens (including phenoxy) is 1. The van der Waals surface area contributed by atoms with Crippen LogP contribution < -0.4 is 4.74 Å². The number of aliphatic hydroxyl groups is 1. The van der Waals surface area contributed by atoms with Crippen molar-refractivity contribution in [3.63, 3.8) is 0 Å². The molecule has 0 unspecified atom stereocenters. The molecule has 0 saturated carbocycles. The van der Waals surface area contributed by atoms with Crippen molar-refractivity contribution in [2.45, 2.75) is 19.3 Å². The summed E-state index contributed by atoms with van der Waals surface area (Å²) in [7, 11) is 0. The first-order chi connectivity index (χ1) is 7.77. The first kappa shape index (κ1) is 13.2. The van der Waals surface area contributed by atoms with Crippen molar-refractivity contribution in [2.24, 2.45) is 0 Å². The summed E-state index contributed by atoms with van der Waals surface area (Å²) in [6, 6.07) is 5.33. The third-order valence-electron chi connectivity index (χ3n) is 2.17. The Morgan fingerprint density at radius 2 is 2.12 bits per heavy atom. The Morgan fingerprint density at radius 1 is 1.31 bits per heavy atom. The minimum atomic E-state index is 0.230. The molecule has 0 aliphatic heterocycles. The average molecular weight is 287 g/mol.